The highest BCUT2D eigenvalue weighted by atomic mass is 32.2. The molecule has 15 nitrogen and oxygen atoms in total. The van der Waals surface area contributed by atoms with Gasteiger partial charge in [0.1, 0.15) is 21.2 Å². The average Bonchev–Trinajstić information content (AvgIpc) is 2.87. The zero-order valence-electron chi connectivity index (χ0n) is 20.2. The van der Waals surface area contributed by atoms with Crippen LogP contribution in [0.15, 0.2) is 91.6 Å². The number of phenolic OH excluding ortho intramolecular Hbond substituents is 1. The fourth-order valence-corrected chi connectivity index (χ4v) is 5.57. The molecule has 4 aromatic rings. The number of aromatic hydroxyl groups is 1. The van der Waals surface area contributed by atoms with Gasteiger partial charge in [-0.15, -0.1) is 10.2 Å². The molecular weight excluding hydrogens is 604 g/mol. The second kappa shape index (κ2) is 10.5. The van der Waals surface area contributed by atoms with Crippen LogP contribution in [0.25, 0.3) is 10.8 Å². The van der Waals surface area contributed by atoms with Gasteiger partial charge in [0.05, 0.1) is 10.6 Å². The van der Waals surface area contributed by atoms with Crippen LogP contribution in [-0.4, -0.2) is 49.9 Å². The maximum absolute atomic E-state index is 12.8. The van der Waals surface area contributed by atoms with Crippen molar-refractivity contribution in [1.82, 2.24) is 0 Å². The van der Waals surface area contributed by atoms with E-state index in [0.717, 1.165) is 24.3 Å². The zero-order valence-corrected chi connectivity index (χ0v) is 22.6. The Morgan fingerprint density at radius 3 is 1.98 bits per heavy atom. The first kappa shape index (κ1) is 29.5. The molecule has 0 bridgehead atoms. The number of anilines is 2. The van der Waals surface area contributed by atoms with Crippen LogP contribution in [0.5, 0.6) is 5.75 Å². The lowest BCUT2D eigenvalue weighted by Gasteiger charge is -2.15. The fourth-order valence-electron chi connectivity index (χ4n) is 3.71. The Morgan fingerprint density at radius 1 is 0.756 bits per heavy atom. The van der Waals surface area contributed by atoms with E-state index in [1.807, 2.05) is 0 Å². The van der Waals surface area contributed by atoms with Crippen molar-refractivity contribution in [2.45, 2.75) is 14.7 Å². The van der Waals surface area contributed by atoms with E-state index in [-0.39, 0.29) is 11.3 Å². The maximum Gasteiger partial charge on any atom is 0.296 e. The molecule has 0 aliphatic carbocycles. The van der Waals surface area contributed by atoms with E-state index in [9.17, 15) is 48.8 Å². The molecule has 0 radical (unpaired) electrons. The molecule has 0 heterocycles. The maximum atomic E-state index is 12.8. The predicted molar refractivity (Wildman–Crippen MR) is 144 cm³/mol. The first-order valence-corrected chi connectivity index (χ1v) is 15.2. The highest BCUT2D eigenvalue weighted by molar-refractivity contribution is 7.86. The Morgan fingerprint density at radius 2 is 1.39 bits per heavy atom. The molecule has 0 saturated carbocycles. The molecule has 41 heavy (non-hydrogen) atoms. The average molecular weight is 623 g/mol. The van der Waals surface area contributed by atoms with Crippen molar-refractivity contribution in [2.75, 3.05) is 11.1 Å². The van der Waals surface area contributed by atoms with Crippen molar-refractivity contribution in [3.05, 3.63) is 72.3 Å². The van der Waals surface area contributed by atoms with Crippen molar-refractivity contribution in [3.63, 3.8) is 0 Å². The fraction of sp³-hybridized carbons (Fsp3) is 0. The lowest BCUT2D eigenvalue weighted by Crippen LogP contribution is -2.13. The van der Waals surface area contributed by atoms with Gasteiger partial charge in [-0.3, -0.25) is 18.5 Å². The third-order valence-corrected chi connectivity index (χ3v) is 8.08. The molecule has 1 amide bonds. The van der Waals surface area contributed by atoms with E-state index >= 15 is 0 Å². The Kier molecular flexibility index (Phi) is 7.56. The van der Waals surface area contributed by atoms with E-state index in [4.69, 9.17) is 5.73 Å². The minimum Gasteiger partial charge on any atom is -0.505 e. The van der Waals surface area contributed by atoms with Gasteiger partial charge in [0.2, 0.25) is 0 Å². The van der Waals surface area contributed by atoms with Crippen LogP contribution in [0.1, 0.15) is 10.4 Å². The number of nitrogens with two attached hydrogens (primary N) is 1. The van der Waals surface area contributed by atoms with Gasteiger partial charge >= 0.3 is 0 Å². The summed E-state index contributed by atoms with van der Waals surface area (Å²) in [6, 6.07) is 12.8. The van der Waals surface area contributed by atoms with Crippen molar-refractivity contribution in [2.24, 2.45) is 10.2 Å². The first-order chi connectivity index (χ1) is 19.0. The molecule has 0 spiro atoms. The summed E-state index contributed by atoms with van der Waals surface area (Å²) in [7, 11) is -15.1. The molecule has 7 N–H and O–H groups in total. The number of nitrogens with zero attached hydrogens (tertiary/aromatic N) is 2. The number of azo groups is 1. The first-order valence-electron chi connectivity index (χ1n) is 10.9. The third kappa shape index (κ3) is 6.32. The lowest BCUT2D eigenvalue weighted by atomic mass is 10.1. The number of benzene rings is 4. The van der Waals surface area contributed by atoms with Gasteiger partial charge in [0.15, 0.2) is 5.75 Å². The van der Waals surface area contributed by atoms with Crippen LogP contribution in [0, 0.1) is 0 Å². The number of hydrogen-bond acceptors (Lipinski definition) is 11. The van der Waals surface area contributed by atoms with E-state index in [1.165, 1.54) is 30.3 Å². The number of rotatable bonds is 7. The topological polar surface area (TPSA) is 263 Å². The largest absolute Gasteiger partial charge is 0.505 e. The van der Waals surface area contributed by atoms with E-state index in [2.05, 4.69) is 15.5 Å². The normalized spacial score (nSPS) is 12.6. The van der Waals surface area contributed by atoms with Gasteiger partial charge in [-0.05, 0) is 53.9 Å². The molecule has 0 aliphatic rings. The Labute approximate surface area is 232 Å². The Hall–Kier alpha value is -4.46. The van der Waals surface area contributed by atoms with Crippen LogP contribution in [0.2, 0.25) is 0 Å². The summed E-state index contributed by atoms with van der Waals surface area (Å²) in [6.07, 6.45) is 0. The van der Waals surface area contributed by atoms with Crippen LogP contribution < -0.4 is 11.1 Å². The van der Waals surface area contributed by atoms with Gasteiger partial charge < -0.3 is 16.2 Å². The minimum absolute atomic E-state index is 0.0859. The number of fused-ring (bicyclic) bond motifs is 1. The second-order valence-electron chi connectivity index (χ2n) is 8.31. The number of amides is 1. The van der Waals surface area contributed by atoms with Gasteiger partial charge in [-0.2, -0.15) is 25.3 Å². The van der Waals surface area contributed by atoms with Gasteiger partial charge in [0, 0.05) is 16.6 Å². The molecule has 18 heteroatoms. The van der Waals surface area contributed by atoms with Gasteiger partial charge in [-0.1, -0.05) is 18.2 Å². The number of carbonyl (C=O) groups is 1. The summed E-state index contributed by atoms with van der Waals surface area (Å²) in [5.74, 6) is -1.84. The summed E-state index contributed by atoms with van der Waals surface area (Å²) >= 11 is 0. The van der Waals surface area contributed by atoms with E-state index < -0.39 is 84.5 Å². The third-order valence-electron chi connectivity index (χ3n) is 5.50. The quantitative estimate of drug-likeness (QED) is 0.0982. The lowest BCUT2D eigenvalue weighted by molar-refractivity contribution is 0.102. The molecule has 0 fully saturated rings. The minimum atomic E-state index is -5.22. The number of phenols is 1. The van der Waals surface area contributed by atoms with Crippen LogP contribution in [0.4, 0.5) is 22.7 Å². The summed E-state index contributed by atoms with van der Waals surface area (Å²) in [5.41, 5.74) is 3.65. The van der Waals surface area contributed by atoms with Crippen molar-refractivity contribution in [3.8, 4) is 5.75 Å². The predicted octanol–water partition coefficient (Wildman–Crippen LogP) is 3.54. The summed E-state index contributed by atoms with van der Waals surface area (Å²) in [6.45, 7) is 0. The zero-order chi connectivity index (χ0) is 30.3. The smallest absolute Gasteiger partial charge is 0.296 e. The Bertz CT molecular complexity index is 2080. The standard InChI is InChI=1S/C23H18N4O11S3/c24-14-6-7-16(18(10-14)40(33,34)35)26-27-21-19(41(36,37)38)9-13-8-15(39(30,31)32)11-17(20(13)22(21)28)25-23(29)12-4-2-1-3-5-12/h1-11,28H,24H2,(H,25,29)(H,30,31,32)(H,33,34,35)(H,36,37,38). The highest BCUT2D eigenvalue weighted by Crippen LogP contribution is 2.45. The molecule has 214 valence electrons. The monoisotopic (exact) mass is 622 g/mol. The van der Waals surface area contributed by atoms with Gasteiger partial charge in [-0.25, -0.2) is 0 Å². The highest BCUT2D eigenvalue weighted by Gasteiger charge is 2.26. The Balaban J connectivity index is 2.03. The van der Waals surface area contributed by atoms with E-state index in [1.54, 1.807) is 6.07 Å². The number of carbonyl (C=O) groups excluding carboxylic acids is 1. The molecule has 4 rings (SSSR count). The summed E-state index contributed by atoms with van der Waals surface area (Å²) in [5, 5.41) is 19.9. The van der Waals surface area contributed by atoms with Crippen molar-refractivity contribution in [1.29, 1.82) is 0 Å². The number of nitrogens with one attached hydrogen (secondary N) is 1. The molecule has 0 atom stereocenters. The number of hydrogen-bond donors (Lipinski definition) is 6. The number of nitrogen functional groups attached to an aromatic ring is 1. The second-order valence-corrected chi connectivity index (χ2v) is 12.5. The summed E-state index contributed by atoms with van der Waals surface area (Å²) < 4.78 is 101. The molecule has 0 unspecified atom stereocenters. The SMILES string of the molecule is Nc1ccc(N=Nc2c(S(=O)(=O)O)cc3cc(S(=O)(=O)O)cc(NC(=O)c4ccccc4)c3c2O)c(S(=O)(=O)O)c1. The van der Waals surface area contributed by atoms with Crippen LogP contribution >= 0.6 is 0 Å². The van der Waals surface area contributed by atoms with Crippen molar-refractivity contribution >= 4 is 69.8 Å². The van der Waals surface area contributed by atoms with Crippen LogP contribution in [-0.2, 0) is 30.4 Å². The van der Waals surface area contributed by atoms with E-state index in [0.29, 0.717) is 6.07 Å². The van der Waals surface area contributed by atoms with Crippen LogP contribution in [0.3, 0.4) is 0 Å². The molecule has 0 aliphatic heterocycles. The molecule has 4 aromatic carbocycles. The summed E-state index contributed by atoms with van der Waals surface area (Å²) in [4.78, 5) is 10.1. The molecule has 0 aromatic heterocycles. The molecule has 0 saturated heterocycles. The molecular formula is C23H18N4O11S3. The van der Waals surface area contributed by atoms with Crippen molar-refractivity contribution < 1.29 is 48.8 Å². The van der Waals surface area contributed by atoms with Gasteiger partial charge in [0.25, 0.3) is 36.3 Å².